The zero-order valence-corrected chi connectivity index (χ0v) is 12.0. The third-order valence-corrected chi connectivity index (χ3v) is 2.73. The van der Waals surface area contributed by atoms with Crippen molar-refractivity contribution in [1.82, 2.24) is 0 Å². The number of ether oxygens (including phenoxy) is 1. The van der Waals surface area contributed by atoms with Gasteiger partial charge < -0.3 is 10.1 Å². The molecule has 0 aromatic heterocycles. The van der Waals surface area contributed by atoms with Gasteiger partial charge in [0.15, 0.2) is 0 Å². The maximum absolute atomic E-state index is 12.3. The van der Waals surface area contributed by atoms with Gasteiger partial charge in [-0.3, -0.25) is 4.79 Å². The predicted molar refractivity (Wildman–Crippen MR) is 78.3 cm³/mol. The molecule has 2 aromatic carbocycles. The van der Waals surface area contributed by atoms with E-state index in [0.717, 1.165) is 0 Å². The first kappa shape index (κ1) is 16.5. The number of hydrogen-bond acceptors (Lipinski definition) is 4. The first-order chi connectivity index (χ1) is 10.9. The van der Waals surface area contributed by atoms with Crippen molar-refractivity contribution in [1.29, 1.82) is 0 Å². The molecule has 0 aliphatic carbocycles. The Bertz CT molecular complexity index is 716. The molecule has 0 spiro atoms. The molecule has 0 aliphatic rings. The number of nitrogens with zero attached hydrogens (tertiary/aromatic N) is 2. The molecule has 23 heavy (non-hydrogen) atoms. The smallest absolute Gasteiger partial charge is 0.471 e. The molecule has 0 radical (unpaired) electrons. The highest BCUT2D eigenvalue weighted by Crippen LogP contribution is 2.31. The summed E-state index contributed by atoms with van der Waals surface area (Å²) in [7, 11) is 1.27. The van der Waals surface area contributed by atoms with Crippen LogP contribution in [0, 0.1) is 0 Å². The lowest BCUT2D eigenvalue weighted by molar-refractivity contribution is -0.167. The van der Waals surface area contributed by atoms with Gasteiger partial charge in [0.25, 0.3) is 0 Å². The Morgan fingerprint density at radius 3 is 2.30 bits per heavy atom. The summed E-state index contributed by atoms with van der Waals surface area (Å²) in [6.07, 6.45) is -4.98. The number of alkyl halides is 3. The van der Waals surface area contributed by atoms with Crippen LogP contribution in [0.5, 0.6) is 5.75 Å². The number of carbonyl (C=O) groups is 1. The van der Waals surface area contributed by atoms with E-state index in [1.165, 1.54) is 25.3 Å². The van der Waals surface area contributed by atoms with Crippen molar-refractivity contribution in [2.24, 2.45) is 10.2 Å². The Labute approximate surface area is 129 Å². The summed E-state index contributed by atoms with van der Waals surface area (Å²) in [5.41, 5.74) is 0.894. The van der Waals surface area contributed by atoms with Crippen molar-refractivity contribution >= 4 is 23.0 Å². The normalized spacial score (nSPS) is 11.5. The van der Waals surface area contributed by atoms with Crippen molar-refractivity contribution in [3.05, 3.63) is 48.5 Å². The van der Waals surface area contributed by atoms with Crippen LogP contribution in [-0.2, 0) is 4.79 Å². The molecule has 5 nitrogen and oxygen atoms in total. The second kappa shape index (κ2) is 6.91. The first-order valence-electron chi connectivity index (χ1n) is 6.43. The standard InChI is InChI=1S/C15H12F3N3O2/c1-23-13-9-11(21-20-10-5-3-2-4-6-10)7-8-12(13)19-14(22)15(16,17)18/h2-9H,1H3,(H,19,22). The topological polar surface area (TPSA) is 63.1 Å². The lowest BCUT2D eigenvalue weighted by atomic mass is 10.2. The molecule has 0 aliphatic heterocycles. The number of anilines is 1. The van der Waals surface area contributed by atoms with Crippen LogP contribution in [0.2, 0.25) is 0 Å². The molecule has 0 saturated carbocycles. The van der Waals surface area contributed by atoms with E-state index in [1.54, 1.807) is 29.6 Å². The number of methoxy groups -OCH3 is 1. The van der Waals surface area contributed by atoms with Gasteiger partial charge in [-0.25, -0.2) is 0 Å². The molecule has 1 amide bonds. The zero-order valence-electron chi connectivity index (χ0n) is 12.0. The number of amides is 1. The molecular weight excluding hydrogens is 311 g/mol. The highest BCUT2D eigenvalue weighted by Gasteiger charge is 2.39. The first-order valence-corrected chi connectivity index (χ1v) is 6.43. The fraction of sp³-hybridized carbons (Fsp3) is 0.133. The van der Waals surface area contributed by atoms with E-state index in [-0.39, 0.29) is 11.4 Å². The SMILES string of the molecule is COc1cc(N=Nc2ccccc2)ccc1NC(=O)C(F)(F)F. The third-order valence-electron chi connectivity index (χ3n) is 2.73. The van der Waals surface area contributed by atoms with Gasteiger partial charge in [0.1, 0.15) is 5.75 Å². The number of rotatable bonds is 4. The summed E-state index contributed by atoms with van der Waals surface area (Å²) in [6, 6.07) is 13.0. The monoisotopic (exact) mass is 323 g/mol. The van der Waals surface area contributed by atoms with Gasteiger partial charge in [-0.2, -0.15) is 23.4 Å². The predicted octanol–water partition coefficient (Wildman–Crippen LogP) is 4.61. The van der Waals surface area contributed by atoms with Gasteiger partial charge in [-0.05, 0) is 24.3 Å². The van der Waals surface area contributed by atoms with Crippen LogP contribution >= 0.6 is 0 Å². The van der Waals surface area contributed by atoms with Crippen LogP contribution in [0.4, 0.5) is 30.2 Å². The summed E-state index contributed by atoms with van der Waals surface area (Å²) in [5, 5.41) is 9.69. The van der Waals surface area contributed by atoms with Crippen LogP contribution in [0.3, 0.4) is 0 Å². The highest BCUT2D eigenvalue weighted by molar-refractivity contribution is 5.96. The lowest BCUT2D eigenvalue weighted by Crippen LogP contribution is -2.30. The summed E-state index contributed by atoms with van der Waals surface area (Å²) in [5.74, 6) is -2.03. The maximum Gasteiger partial charge on any atom is 0.471 e. The second-order valence-electron chi connectivity index (χ2n) is 4.37. The van der Waals surface area contributed by atoms with E-state index in [0.29, 0.717) is 11.4 Å². The number of benzene rings is 2. The molecule has 0 bridgehead atoms. The minimum Gasteiger partial charge on any atom is -0.494 e. The minimum absolute atomic E-state index is 0.0483. The third kappa shape index (κ3) is 4.53. The summed E-state index contributed by atoms with van der Waals surface area (Å²) in [6.45, 7) is 0. The van der Waals surface area contributed by atoms with Crippen LogP contribution in [0.25, 0.3) is 0 Å². The maximum atomic E-state index is 12.3. The zero-order chi connectivity index (χ0) is 16.9. The minimum atomic E-state index is -4.98. The van der Waals surface area contributed by atoms with Crippen molar-refractivity contribution in [2.75, 3.05) is 12.4 Å². The average Bonchev–Trinajstić information content (AvgIpc) is 2.54. The van der Waals surface area contributed by atoms with E-state index < -0.39 is 12.1 Å². The molecular formula is C15H12F3N3O2. The molecule has 120 valence electrons. The van der Waals surface area contributed by atoms with E-state index in [1.807, 2.05) is 6.07 Å². The van der Waals surface area contributed by atoms with Crippen molar-refractivity contribution < 1.29 is 22.7 Å². The van der Waals surface area contributed by atoms with E-state index >= 15 is 0 Å². The summed E-state index contributed by atoms with van der Waals surface area (Å²) < 4.78 is 41.8. The van der Waals surface area contributed by atoms with Crippen LogP contribution in [0.15, 0.2) is 58.8 Å². The van der Waals surface area contributed by atoms with Crippen LogP contribution < -0.4 is 10.1 Å². The largest absolute Gasteiger partial charge is 0.494 e. The van der Waals surface area contributed by atoms with Gasteiger partial charge in [-0.15, -0.1) is 0 Å². The Morgan fingerprint density at radius 2 is 1.70 bits per heavy atom. The number of hydrogen-bond donors (Lipinski definition) is 1. The molecule has 0 heterocycles. The molecule has 1 N–H and O–H groups in total. The lowest BCUT2D eigenvalue weighted by Gasteiger charge is -2.11. The molecule has 0 saturated heterocycles. The number of halogens is 3. The number of carbonyl (C=O) groups excluding carboxylic acids is 1. The molecule has 0 atom stereocenters. The quantitative estimate of drug-likeness (QED) is 0.835. The van der Waals surface area contributed by atoms with Crippen molar-refractivity contribution in [2.45, 2.75) is 6.18 Å². The van der Waals surface area contributed by atoms with Gasteiger partial charge in [0, 0.05) is 6.07 Å². The van der Waals surface area contributed by atoms with E-state index in [4.69, 9.17) is 4.74 Å². The molecule has 8 heteroatoms. The molecule has 2 rings (SSSR count). The summed E-state index contributed by atoms with van der Waals surface area (Å²) in [4.78, 5) is 11.0. The van der Waals surface area contributed by atoms with Crippen molar-refractivity contribution in [3.63, 3.8) is 0 Å². The van der Waals surface area contributed by atoms with Gasteiger partial charge >= 0.3 is 12.1 Å². The molecule has 2 aromatic rings. The summed E-state index contributed by atoms with van der Waals surface area (Å²) >= 11 is 0. The fourth-order valence-corrected chi connectivity index (χ4v) is 1.65. The molecule has 0 fully saturated rings. The van der Waals surface area contributed by atoms with Gasteiger partial charge in [0.2, 0.25) is 0 Å². The number of nitrogens with one attached hydrogen (secondary N) is 1. The Morgan fingerprint density at radius 1 is 1.04 bits per heavy atom. The average molecular weight is 323 g/mol. The van der Waals surface area contributed by atoms with E-state index in [9.17, 15) is 18.0 Å². The van der Waals surface area contributed by atoms with Gasteiger partial charge in [0.05, 0.1) is 24.2 Å². The van der Waals surface area contributed by atoms with Crippen LogP contribution in [0.1, 0.15) is 0 Å². The fourth-order valence-electron chi connectivity index (χ4n) is 1.65. The van der Waals surface area contributed by atoms with Crippen LogP contribution in [-0.4, -0.2) is 19.2 Å². The Kier molecular flexibility index (Phi) is 4.95. The second-order valence-corrected chi connectivity index (χ2v) is 4.37. The van der Waals surface area contributed by atoms with Gasteiger partial charge in [-0.1, -0.05) is 18.2 Å². The Balaban J connectivity index is 2.19. The highest BCUT2D eigenvalue weighted by atomic mass is 19.4. The molecule has 0 unspecified atom stereocenters. The van der Waals surface area contributed by atoms with Crippen molar-refractivity contribution in [3.8, 4) is 5.75 Å². The Hall–Kier alpha value is -2.90. The van der Waals surface area contributed by atoms with E-state index in [2.05, 4.69) is 10.2 Å². The number of azo groups is 1.